The Morgan fingerprint density at radius 3 is 2.65 bits per heavy atom. The number of nitrogens with zero attached hydrogens (tertiary/aromatic N) is 1. The van der Waals surface area contributed by atoms with Crippen molar-refractivity contribution in [1.82, 2.24) is 4.90 Å². The molecule has 2 unspecified atom stereocenters. The van der Waals surface area contributed by atoms with Crippen molar-refractivity contribution < 1.29 is 17.9 Å². The summed E-state index contributed by atoms with van der Waals surface area (Å²) >= 11 is 0. The highest BCUT2D eigenvalue weighted by atomic mass is 19.3. The molecule has 1 heterocycles. The lowest BCUT2D eigenvalue weighted by molar-refractivity contribution is 0.150. The van der Waals surface area contributed by atoms with Crippen LogP contribution in [0, 0.1) is 11.7 Å². The van der Waals surface area contributed by atoms with Gasteiger partial charge in [0.15, 0.2) is 11.6 Å². The first kappa shape index (κ1) is 15.1. The summed E-state index contributed by atoms with van der Waals surface area (Å²) in [7, 11) is 3.23. The minimum atomic E-state index is -2.70. The fourth-order valence-corrected chi connectivity index (χ4v) is 2.87. The van der Waals surface area contributed by atoms with Crippen molar-refractivity contribution in [3.8, 4) is 5.75 Å². The molecular weight excluding hydrogens is 269 g/mol. The molecule has 1 aromatic carbocycles. The largest absolute Gasteiger partial charge is 0.493 e. The number of likely N-dealkylation sites (tertiary alicyclic amines) is 1. The van der Waals surface area contributed by atoms with E-state index in [4.69, 9.17) is 10.5 Å². The maximum Gasteiger partial charge on any atom is 0.263 e. The first-order chi connectivity index (χ1) is 9.47. The molecule has 1 fully saturated rings. The van der Waals surface area contributed by atoms with Gasteiger partial charge in [-0.25, -0.2) is 13.2 Å². The van der Waals surface area contributed by atoms with Crippen LogP contribution in [0.25, 0.3) is 0 Å². The molecule has 0 aliphatic carbocycles. The third-order valence-corrected chi connectivity index (χ3v) is 3.88. The number of nitrogens with two attached hydrogens (primary N) is 1. The molecule has 1 aliphatic heterocycles. The van der Waals surface area contributed by atoms with Crippen LogP contribution in [0.3, 0.4) is 0 Å². The van der Waals surface area contributed by atoms with E-state index in [1.807, 2.05) is 11.9 Å². The third-order valence-electron chi connectivity index (χ3n) is 3.88. The van der Waals surface area contributed by atoms with Crippen LogP contribution < -0.4 is 10.5 Å². The van der Waals surface area contributed by atoms with E-state index in [2.05, 4.69) is 0 Å². The minimum absolute atomic E-state index is 0.0453. The summed E-state index contributed by atoms with van der Waals surface area (Å²) in [5.41, 5.74) is 5.82. The van der Waals surface area contributed by atoms with E-state index in [0.717, 1.165) is 19.0 Å². The molecule has 20 heavy (non-hydrogen) atoms. The summed E-state index contributed by atoms with van der Waals surface area (Å²) in [6, 6.07) is 2.03. The second-order valence-electron chi connectivity index (χ2n) is 5.22. The predicted molar refractivity (Wildman–Crippen MR) is 70.4 cm³/mol. The highest BCUT2D eigenvalue weighted by molar-refractivity contribution is 5.42. The highest BCUT2D eigenvalue weighted by Crippen LogP contribution is 2.41. The maximum atomic E-state index is 13.9. The Morgan fingerprint density at radius 1 is 1.45 bits per heavy atom. The number of hydrogen-bond donors (Lipinski definition) is 1. The normalized spacial score (nSPS) is 23.6. The van der Waals surface area contributed by atoms with Gasteiger partial charge in [0.05, 0.1) is 7.11 Å². The molecule has 2 atom stereocenters. The van der Waals surface area contributed by atoms with Gasteiger partial charge in [-0.3, -0.25) is 4.90 Å². The zero-order valence-corrected chi connectivity index (χ0v) is 11.6. The summed E-state index contributed by atoms with van der Waals surface area (Å²) in [4.78, 5) is 2.00. The average molecular weight is 288 g/mol. The number of hydrogen-bond acceptors (Lipinski definition) is 3. The van der Waals surface area contributed by atoms with Crippen molar-refractivity contribution in [1.29, 1.82) is 0 Å². The molecule has 3 nitrogen and oxygen atoms in total. The first-order valence-electron chi connectivity index (χ1n) is 6.53. The van der Waals surface area contributed by atoms with Crippen molar-refractivity contribution in [3.63, 3.8) is 0 Å². The van der Waals surface area contributed by atoms with E-state index in [9.17, 15) is 13.2 Å². The van der Waals surface area contributed by atoms with E-state index >= 15 is 0 Å². The van der Waals surface area contributed by atoms with Crippen LogP contribution in [0.2, 0.25) is 0 Å². The summed E-state index contributed by atoms with van der Waals surface area (Å²) in [5, 5.41) is 0. The number of methoxy groups -OCH3 is 1. The predicted octanol–water partition coefficient (Wildman–Crippen LogP) is 2.72. The molecule has 0 spiro atoms. The monoisotopic (exact) mass is 288 g/mol. The summed E-state index contributed by atoms with van der Waals surface area (Å²) in [6.07, 6.45) is -1.98. The van der Waals surface area contributed by atoms with Crippen LogP contribution in [0.1, 0.15) is 30.0 Å². The van der Waals surface area contributed by atoms with Gasteiger partial charge in [0, 0.05) is 23.7 Å². The lowest BCUT2D eigenvalue weighted by atomic mass is 9.97. The average Bonchev–Trinajstić information content (AvgIpc) is 2.78. The number of benzene rings is 1. The van der Waals surface area contributed by atoms with Gasteiger partial charge in [0.1, 0.15) is 0 Å². The fourth-order valence-electron chi connectivity index (χ4n) is 2.87. The van der Waals surface area contributed by atoms with Crippen LogP contribution >= 0.6 is 0 Å². The van der Waals surface area contributed by atoms with E-state index in [1.165, 1.54) is 13.2 Å². The highest BCUT2D eigenvalue weighted by Gasteiger charge is 2.33. The summed E-state index contributed by atoms with van der Waals surface area (Å²) in [5.74, 6) is -0.415. The zero-order valence-electron chi connectivity index (χ0n) is 11.6. The van der Waals surface area contributed by atoms with Crippen LogP contribution in [0.15, 0.2) is 12.1 Å². The molecule has 0 aromatic heterocycles. The van der Waals surface area contributed by atoms with Crippen molar-refractivity contribution in [2.45, 2.75) is 18.9 Å². The standard InChI is InChI=1S/C14H19F3N2O/c1-19-7-8(6-18)3-12(19)10-4-9(14(16)17)5-11(15)13(10)20-2/h4-5,8,12,14H,3,6-7,18H2,1-2H3. The lowest BCUT2D eigenvalue weighted by Crippen LogP contribution is -2.21. The topological polar surface area (TPSA) is 38.5 Å². The van der Waals surface area contributed by atoms with Crippen LogP contribution in [0.5, 0.6) is 5.75 Å². The van der Waals surface area contributed by atoms with Gasteiger partial charge in [-0.05, 0) is 38.1 Å². The Bertz CT molecular complexity index is 482. The minimum Gasteiger partial charge on any atom is -0.493 e. The molecule has 0 amide bonds. The van der Waals surface area contributed by atoms with Gasteiger partial charge in [0.2, 0.25) is 0 Å². The Morgan fingerprint density at radius 2 is 2.15 bits per heavy atom. The third kappa shape index (κ3) is 2.76. The molecule has 1 saturated heterocycles. The number of alkyl halides is 2. The SMILES string of the molecule is COc1c(F)cc(C(F)F)cc1C1CC(CN)CN1C. The summed E-state index contributed by atoms with van der Waals surface area (Å²) in [6.45, 7) is 1.30. The van der Waals surface area contributed by atoms with Crippen LogP contribution in [0.4, 0.5) is 13.2 Å². The van der Waals surface area contributed by atoms with E-state index in [-0.39, 0.29) is 23.3 Å². The second kappa shape index (κ2) is 6.01. The zero-order chi connectivity index (χ0) is 14.9. The molecule has 6 heteroatoms. The molecule has 112 valence electrons. The second-order valence-corrected chi connectivity index (χ2v) is 5.22. The Kier molecular flexibility index (Phi) is 4.55. The van der Waals surface area contributed by atoms with Gasteiger partial charge in [0.25, 0.3) is 6.43 Å². The molecule has 1 aliphatic rings. The molecule has 2 N–H and O–H groups in total. The molecular formula is C14H19F3N2O. The number of rotatable bonds is 4. The Labute approximate surface area is 116 Å². The number of halogens is 3. The Hall–Kier alpha value is -1.27. The van der Waals surface area contributed by atoms with Gasteiger partial charge in [-0.1, -0.05) is 0 Å². The van der Waals surface area contributed by atoms with Crippen molar-refractivity contribution in [3.05, 3.63) is 29.1 Å². The molecule has 1 aromatic rings. The van der Waals surface area contributed by atoms with Crippen molar-refractivity contribution >= 4 is 0 Å². The van der Waals surface area contributed by atoms with Crippen molar-refractivity contribution in [2.75, 3.05) is 27.2 Å². The van der Waals surface area contributed by atoms with Gasteiger partial charge < -0.3 is 10.5 Å². The first-order valence-corrected chi connectivity index (χ1v) is 6.53. The van der Waals surface area contributed by atoms with E-state index < -0.39 is 12.2 Å². The molecule has 0 bridgehead atoms. The van der Waals surface area contributed by atoms with E-state index in [0.29, 0.717) is 12.1 Å². The van der Waals surface area contributed by atoms with Crippen LogP contribution in [-0.4, -0.2) is 32.1 Å². The van der Waals surface area contributed by atoms with Crippen LogP contribution in [-0.2, 0) is 0 Å². The van der Waals surface area contributed by atoms with Crippen molar-refractivity contribution in [2.24, 2.45) is 11.7 Å². The lowest BCUT2D eigenvalue weighted by Gasteiger charge is -2.23. The van der Waals surface area contributed by atoms with E-state index in [1.54, 1.807) is 0 Å². The molecule has 0 saturated carbocycles. The smallest absolute Gasteiger partial charge is 0.263 e. The van der Waals surface area contributed by atoms with Gasteiger partial charge >= 0.3 is 0 Å². The Balaban J connectivity index is 2.43. The fraction of sp³-hybridized carbons (Fsp3) is 0.571. The maximum absolute atomic E-state index is 13.9. The molecule has 2 rings (SSSR count). The van der Waals surface area contributed by atoms with Gasteiger partial charge in [-0.15, -0.1) is 0 Å². The number of ether oxygens (including phenoxy) is 1. The van der Waals surface area contributed by atoms with Gasteiger partial charge in [-0.2, -0.15) is 0 Å². The molecule has 0 radical (unpaired) electrons. The quantitative estimate of drug-likeness (QED) is 0.926. The summed E-state index contributed by atoms with van der Waals surface area (Å²) < 4.78 is 44.7.